The predicted molar refractivity (Wildman–Crippen MR) is 163 cm³/mol. The van der Waals surface area contributed by atoms with Crippen LogP contribution < -0.4 is 9.47 Å². The van der Waals surface area contributed by atoms with Crippen molar-refractivity contribution in [1.29, 1.82) is 0 Å². The fraction of sp³-hybridized carbons (Fsp3) is 0.647. The number of unbranched alkanes of at least 4 members (excludes halogenated alkanes) is 2. The van der Waals surface area contributed by atoms with Gasteiger partial charge in [-0.2, -0.15) is 0 Å². The summed E-state index contributed by atoms with van der Waals surface area (Å²) in [5.41, 5.74) is 3.66. The van der Waals surface area contributed by atoms with Gasteiger partial charge in [-0.3, -0.25) is 0 Å². The third-order valence-corrected chi connectivity index (χ3v) is 7.35. The molecule has 2 N–H and O–H groups in total. The van der Waals surface area contributed by atoms with Crippen LogP contribution in [0, 0.1) is 5.92 Å². The molecule has 0 fully saturated rings. The Morgan fingerprint density at radius 1 is 0.750 bits per heavy atom. The molecule has 0 saturated heterocycles. The maximum absolute atomic E-state index is 10.6. The predicted octanol–water partition coefficient (Wildman–Crippen LogP) is 6.80. The highest BCUT2D eigenvalue weighted by Gasteiger charge is 2.25. The Morgan fingerprint density at radius 3 is 1.82 bits per heavy atom. The summed E-state index contributed by atoms with van der Waals surface area (Å²) >= 11 is 0. The SMILES string of the molecule is CCCCOCC(O)COc1c2c(c(OCC(O)COCCCC)c3ccccc13)CC(CCCC(C)C)=CC2. The molecule has 0 aromatic heterocycles. The zero-order valence-corrected chi connectivity index (χ0v) is 25.3. The summed E-state index contributed by atoms with van der Waals surface area (Å²) in [7, 11) is 0. The van der Waals surface area contributed by atoms with E-state index in [0.29, 0.717) is 19.1 Å². The van der Waals surface area contributed by atoms with Crippen molar-refractivity contribution in [2.24, 2.45) is 5.92 Å². The van der Waals surface area contributed by atoms with Gasteiger partial charge in [-0.1, -0.05) is 82.9 Å². The molecule has 0 spiro atoms. The largest absolute Gasteiger partial charge is 0.490 e. The zero-order valence-electron chi connectivity index (χ0n) is 25.3. The van der Waals surface area contributed by atoms with Gasteiger partial charge in [0.2, 0.25) is 0 Å². The van der Waals surface area contributed by atoms with Gasteiger partial charge in [0.15, 0.2) is 0 Å². The van der Waals surface area contributed by atoms with E-state index in [-0.39, 0.29) is 26.4 Å². The lowest BCUT2D eigenvalue weighted by molar-refractivity contribution is 0.0108. The van der Waals surface area contributed by atoms with E-state index in [0.717, 1.165) is 78.3 Å². The van der Waals surface area contributed by atoms with Crippen LogP contribution in [-0.2, 0) is 22.3 Å². The molecule has 0 saturated carbocycles. The number of aliphatic hydroxyl groups is 2. The Hall–Kier alpha value is -2.12. The summed E-state index contributed by atoms with van der Waals surface area (Å²) in [6, 6.07) is 8.12. The van der Waals surface area contributed by atoms with Crippen molar-refractivity contribution in [2.45, 2.75) is 97.7 Å². The zero-order chi connectivity index (χ0) is 28.7. The Kier molecular flexibility index (Phi) is 14.3. The topological polar surface area (TPSA) is 77.4 Å². The number of benzene rings is 2. The number of fused-ring (bicyclic) bond motifs is 2. The Bertz CT molecular complexity index is 1050. The van der Waals surface area contributed by atoms with E-state index in [9.17, 15) is 10.2 Å². The third kappa shape index (κ3) is 10.1. The molecule has 1 aliphatic rings. The Morgan fingerprint density at radius 2 is 1.30 bits per heavy atom. The molecular formula is C34H52O6. The van der Waals surface area contributed by atoms with E-state index in [1.165, 1.54) is 18.4 Å². The van der Waals surface area contributed by atoms with Crippen LogP contribution in [0.1, 0.15) is 83.8 Å². The second-order valence-electron chi connectivity index (χ2n) is 11.5. The van der Waals surface area contributed by atoms with Gasteiger partial charge in [-0.05, 0) is 44.4 Å². The van der Waals surface area contributed by atoms with Crippen molar-refractivity contribution in [3.8, 4) is 11.5 Å². The van der Waals surface area contributed by atoms with Crippen molar-refractivity contribution in [1.82, 2.24) is 0 Å². The minimum Gasteiger partial charge on any atom is -0.490 e. The second-order valence-corrected chi connectivity index (χ2v) is 11.5. The number of hydrogen-bond donors (Lipinski definition) is 2. The highest BCUT2D eigenvalue weighted by Crippen LogP contribution is 2.44. The maximum atomic E-state index is 10.6. The van der Waals surface area contributed by atoms with Gasteiger partial charge < -0.3 is 29.2 Å². The Labute approximate surface area is 241 Å². The average molecular weight is 557 g/mol. The van der Waals surface area contributed by atoms with Crippen LogP contribution in [0.15, 0.2) is 35.9 Å². The molecule has 2 aromatic carbocycles. The molecule has 0 bridgehead atoms. The molecule has 2 unspecified atom stereocenters. The van der Waals surface area contributed by atoms with Crippen LogP contribution in [0.2, 0.25) is 0 Å². The minimum absolute atomic E-state index is 0.168. The molecule has 40 heavy (non-hydrogen) atoms. The molecule has 2 aromatic rings. The van der Waals surface area contributed by atoms with Crippen LogP contribution in [0.5, 0.6) is 11.5 Å². The van der Waals surface area contributed by atoms with Gasteiger partial charge in [0, 0.05) is 35.1 Å². The first kappa shape index (κ1) is 32.4. The molecule has 0 radical (unpaired) electrons. The minimum atomic E-state index is -0.699. The molecule has 0 aliphatic heterocycles. The molecule has 0 heterocycles. The summed E-state index contributed by atoms with van der Waals surface area (Å²) in [6.45, 7) is 11.0. The monoisotopic (exact) mass is 556 g/mol. The summed E-state index contributed by atoms with van der Waals surface area (Å²) in [4.78, 5) is 0. The summed E-state index contributed by atoms with van der Waals surface area (Å²) < 4.78 is 24.0. The lowest BCUT2D eigenvalue weighted by atomic mass is 9.85. The van der Waals surface area contributed by atoms with E-state index in [1.54, 1.807) is 0 Å². The summed E-state index contributed by atoms with van der Waals surface area (Å²) in [5.74, 6) is 2.33. The van der Waals surface area contributed by atoms with Crippen molar-refractivity contribution < 1.29 is 29.2 Å². The van der Waals surface area contributed by atoms with Crippen LogP contribution in [0.25, 0.3) is 10.8 Å². The number of aliphatic hydroxyl groups excluding tert-OH is 2. The lowest BCUT2D eigenvalue weighted by Gasteiger charge is -2.27. The number of hydrogen-bond acceptors (Lipinski definition) is 6. The van der Waals surface area contributed by atoms with Gasteiger partial charge in [0.1, 0.15) is 36.9 Å². The third-order valence-electron chi connectivity index (χ3n) is 7.35. The van der Waals surface area contributed by atoms with Gasteiger partial charge in [-0.15, -0.1) is 0 Å². The van der Waals surface area contributed by atoms with E-state index in [2.05, 4.69) is 39.8 Å². The molecule has 2 atom stereocenters. The molecule has 6 heteroatoms. The van der Waals surface area contributed by atoms with Crippen molar-refractivity contribution in [2.75, 3.05) is 39.6 Å². The number of rotatable bonds is 20. The first-order chi connectivity index (χ1) is 19.4. The van der Waals surface area contributed by atoms with Gasteiger partial charge in [-0.25, -0.2) is 0 Å². The van der Waals surface area contributed by atoms with Crippen LogP contribution in [0.3, 0.4) is 0 Å². The van der Waals surface area contributed by atoms with Crippen molar-refractivity contribution in [3.63, 3.8) is 0 Å². The van der Waals surface area contributed by atoms with Gasteiger partial charge in [0.05, 0.1) is 13.2 Å². The smallest absolute Gasteiger partial charge is 0.131 e. The molecule has 3 rings (SSSR count). The first-order valence-corrected chi connectivity index (χ1v) is 15.5. The van der Waals surface area contributed by atoms with E-state index in [4.69, 9.17) is 18.9 Å². The van der Waals surface area contributed by atoms with Crippen LogP contribution in [-0.4, -0.2) is 62.1 Å². The van der Waals surface area contributed by atoms with E-state index in [1.807, 2.05) is 18.2 Å². The van der Waals surface area contributed by atoms with E-state index < -0.39 is 12.2 Å². The van der Waals surface area contributed by atoms with Crippen LogP contribution >= 0.6 is 0 Å². The fourth-order valence-electron chi connectivity index (χ4n) is 5.07. The molecule has 6 nitrogen and oxygen atoms in total. The highest BCUT2D eigenvalue weighted by atomic mass is 16.5. The van der Waals surface area contributed by atoms with Crippen molar-refractivity contribution in [3.05, 3.63) is 47.0 Å². The quantitative estimate of drug-likeness (QED) is 0.138. The lowest BCUT2D eigenvalue weighted by Crippen LogP contribution is -2.25. The second kappa shape index (κ2) is 17.6. The average Bonchev–Trinajstić information content (AvgIpc) is 2.95. The Balaban J connectivity index is 1.84. The molecule has 0 amide bonds. The first-order valence-electron chi connectivity index (χ1n) is 15.5. The van der Waals surface area contributed by atoms with Gasteiger partial charge in [0.25, 0.3) is 0 Å². The maximum Gasteiger partial charge on any atom is 0.131 e. The molecular weight excluding hydrogens is 504 g/mol. The van der Waals surface area contributed by atoms with Crippen LogP contribution in [0.4, 0.5) is 0 Å². The van der Waals surface area contributed by atoms with E-state index >= 15 is 0 Å². The highest BCUT2D eigenvalue weighted by molar-refractivity contribution is 5.96. The van der Waals surface area contributed by atoms with Gasteiger partial charge >= 0.3 is 0 Å². The summed E-state index contributed by atoms with van der Waals surface area (Å²) in [6.07, 6.45) is 10.1. The summed E-state index contributed by atoms with van der Waals surface area (Å²) in [5, 5.41) is 23.1. The van der Waals surface area contributed by atoms with Crippen molar-refractivity contribution >= 4 is 10.8 Å². The molecule has 224 valence electrons. The fourth-order valence-corrected chi connectivity index (χ4v) is 5.07. The standard InChI is InChI=1S/C34H52O6/c1-5-7-18-37-21-27(35)23-39-33-29-14-9-10-15-30(29)34(40-24-28(36)22-38-19-8-6-2)32-20-26(16-17-31(32)33)13-11-12-25(3)4/h9-10,14-16,25,27-28,35-36H,5-8,11-13,17-24H2,1-4H3. The number of ether oxygens (including phenoxy) is 4. The number of allylic oxidation sites excluding steroid dienone is 2. The molecule has 1 aliphatic carbocycles. The normalized spacial score (nSPS) is 14.7.